The first-order valence-corrected chi connectivity index (χ1v) is 6.84. The minimum absolute atomic E-state index is 0. The summed E-state index contributed by atoms with van der Waals surface area (Å²) in [5.74, 6) is 1.45. The summed E-state index contributed by atoms with van der Waals surface area (Å²) < 4.78 is 0. The Labute approximate surface area is 118 Å². The molecule has 3 atom stereocenters. The van der Waals surface area contributed by atoms with Gasteiger partial charge in [-0.15, -0.1) is 12.4 Å². The maximum atomic E-state index is 11.9. The van der Waals surface area contributed by atoms with E-state index in [0.29, 0.717) is 5.92 Å². The molecule has 0 bridgehead atoms. The van der Waals surface area contributed by atoms with Crippen molar-refractivity contribution in [3.8, 4) is 0 Å². The molecule has 18 heavy (non-hydrogen) atoms. The summed E-state index contributed by atoms with van der Waals surface area (Å²) in [5, 5.41) is 3.02. The molecular weight excluding hydrogens is 248 g/mol. The second kappa shape index (κ2) is 7.34. The quantitative estimate of drug-likeness (QED) is 0.833. The molecule has 1 rings (SSSR count). The summed E-state index contributed by atoms with van der Waals surface area (Å²) in [4.78, 5) is 11.9. The number of hydrogen-bond acceptors (Lipinski definition) is 2. The SMILES string of the molecule is CC1CCCC(CNC(=O)[C@@H](N)C(C)(C)C)C1.Cl. The van der Waals surface area contributed by atoms with Crippen molar-refractivity contribution in [1.82, 2.24) is 5.32 Å². The Kier molecular flexibility index (Phi) is 7.23. The van der Waals surface area contributed by atoms with Gasteiger partial charge in [-0.2, -0.15) is 0 Å². The first-order chi connectivity index (χ1) is 7.80. The van der Waals surface area contributed by atoms with E-state index in [0.717, 1.165) is 12.5 Å². The number of carbonyl (C=O) groups excluding carboxylic acids is 1. The number of halogens is 1. The number of rotatable bonds is 3. The van der Waals surface area contributed by atoms with Crippen LogP contribution in [0.4, 0.5) is 0 Å². The van der Waals surface area contributed by atoms with Gasteiger partial charge in [0.15, 0.2) is 0 Å². The van der Waals surface area contributed by atoms with Gasteiger partial charge in [0.2, 0.25) is 5.91 Å². The van der Waals surface area contributed by atoms with E-state index in [9.17, 15) is 4.79 Å². The van der Waals surface area contributed by atoms with E-state index >= 15 is 0 Å². The summed E-state index contributed by atoms with van der Waals surface area (Å²) in [6.07, 6.45) is 5.12. The minimum atomic E-state index is -0.413. The van der Waals surface area contributed by atoms with Crippen LogP contribution in [0.5, 0.6) is 0 Å². The fourth-order valence-electron chi connectivity index (χ4n) is 2.49. The van der Waals surface area contributed by atoms with Crippen molar-refractivity contribution in [3.63, 3.8) is 0 Å². The number of nitrogens with two attached hydrogens (primary N) is 1. The average molecular weight is 277 g/mol. The van der Waals surface area contributed by atoms with Crippen LogP contribution < -0.4 is 11.1 Å². The lowest BCUT2D eigenvalue weighted by Crippen LogP contribution is -2.49. The standard InChI is InChI=1S/C14H28N2O.ClH/c1-10-6-5-7-11(8-10)9-16-13(17)12(15)14(2,3)4;/h10-12H,5-9,15H2,1-4H3,(H,16,17);1H/t10?,11?,12-;/m1./s1. The van der Waals surface area contributed by atoms with Crippen molar-refractivity contribution in [2.24, 2.45) is 23.0 Å². The van der Waals surface area contributed by atoms with Crippen LogP contribution in [-0.2, 0) is 4.79 Å². The lowest BCUT2D eigenvalue weighted by atomic mass is 9.82. The van der Waals surface area contributed by atoms with E-state index in [1.807, 2.05) is 20.8 Å². The lowest BCUT2D eigenvalue weighted by molar-refractivity contribution is -0.124. The third kappa shape index (κ3) is 5.57. The van der Waals surface area contributed by atoms with Gasteiger partial charge in [0.1, 0.15) is 0 Å². The van der Waals surface area contributed by atoms with Gasteiger partial charge in [-0.3, -0.25) is 4.79 Å². The maximum Gasteiger partial charge on any atom is 0.237 e. The second-order valence-electron chi connectivity index (χ2n) is 6.73. The molecule has 1 saturated carbocycles. The summed E-state index contributed by atoms with van der Waals surface area (Å²) in [6.45, 7) is 9.10. The normalized spacial score (nSPS) is 26.1. The van der Waals surface area contributed by atoms with Crippen molar-refractivity contribution >= 4 is 18.3 Å². The van der Waals surface area contributed by atoms with E-state index < -0.39 is 6.04 Å². The number of hydrogen-bond donors (Lipinski definition) is 2. The summed E-state index contributed by atoms with van der Waals surface area (Å²) in [5.41, 5.74) is 5.76. The second-order valence-corrected chi connectivity index (χ2v) is 6.73. The third-order valence-electron chi connectivity index (χ3n) is 3.83. The Morgan fingerprint density at radius 3 is 2.50 bits per heavy atom. The summed E-state index contributed by atoms with van der Waals surface area (Å²) >= 11 is 0. The van der Waals surface area contributed by atoms with Crippen LogP contribution >= 0.6 is 12.4 Å². The molecule has 1 fully saturated rings. The highest BCUT2D eigenvalue weighted by Gasteiger charge is 2.28. The maximum absolute atomic E-state index is 11.9. The zero-order valence-corrected chi connectivity index (χ0v) is 13.0. The van der Waals surface area contributed by atoms with Crippen LogP contribution in [0.2, 0.25) is 0 Å². The minimum Gasteiger partial charge on any atom is -0.354 e. The molecule has 0 aromatic heterocycles. The Hall–Kier alpha value is -0.280. The van der Waals surface area contributed by atoms with Crippen molar-refractivity contribution in [3.05, 3.63) is 0 Å². The van der Waals surface area contributed by atoms with E-state index in [1.165, 1.54) is 25.7 Å². The Bertz CT molecular complexity index is 263. The molecule has 108 valence electrons. The molecule has 0 aromatic rings. The van der Waals surface area contributed by atoms with Crippen molar-refractivity contribution in [2.45, 2.75) is 59.4 Å². The lowest BCUT2D eigenvalue weighted by Gasteiger charge is -2.29. The molecule has 0 aromatic carbocycles. The Morgan fingerprint density at radius 1 is 1.39 bits per heavy atom. The molecule has 3 N–H and O–H groups in total. The predicted molar refractivity (Wildman–Crippen MR) is 78.8 cm³/mol. The molecular formula is C14H29ClN2O. The van der Waals surface area contributed by atoms with Gasteiger partial charge in [0, 0.05) is 6.54 Å². The van der Waals surface area contributed by atoms with Gasteiger partial charge in [-0.1, -0.05) is 40.5 Å². The highest BCUT2D eigenvalue weighted by molar-refractivity contribution is 5.85. The fourth-order valence-corrected chi connectivity index (χ4v) is 2.49. The van der Waals surface area contributed by atoms with Crippen LogP contribution in [0.15, 0.2) is 0 Å². The van der Waals surface area contributed by atoms with Crippen molar-refractivity contribution in [1.29, 1.82) is 0 Å². The average Bonchev–Trinajstić information content (AvgIpc) is 2.23. The van der Waals surface area contributed by atoms with Gasteiger partial charge in [-0.25, -0.2) is 0 Å². The number of nitrogens with one attached hydrogen (secondary N) is 1. The van der Waals surface area contributed by atoms with Crippen molar-refractivity contribution < 1.29 is 4.79 Å². The molecule has 1 aliphatic rings. The highest BCUT2D eigenvalue weighted by atomic mass is 35.5. The fraction of sp³-hybridized carbons (Fsp3) is 0.929. The molecule has 3 nitrogen and oxygen atoms in total. The smallest absolute Gasteiger partial charge is 0.237 e. The van der Waals surface area contributed by atoms with E-state index in [-0.39, 0.29) is 23.7 Å². The molecule has 0 aliphatic heterocycles. The van der Waals surface area contributed by atoms with Crippen molar-refractivity contribution in [2.75, 3.05) is 6.54 Å². The largest absolute Gasteiger partial charge is 0.354 e. The zero-order valence-electron chi connectivity index (χ0n) is 12.2. The first-order valence-electron chi connectivity index (χ1n) is 6.84. The molecule has 0 radical (unpaired) electrons. The molecule has 1 aliphatic carbocycles. The van der Waals surface area contributed by atoms with Crippen LogP contribution in [0.3, 0.4) is 0 Å². The van der Waals surface area contributed by atoms with E-state index in [4.69, 9.17) is 5.73 Å². The molecule has 0 heterocycles. The first kappa shape index (κ1) is 17.7. The van der Waals surface area contributed by atoms with Gasteiger partial charge >= 0.3 is 0 Å². The predicted octanol–water partition coefficient (Wildman–Crippen LogP) is 2.72. The van der Waals surface area contributed by atoms with Gasteiger partial charge in [0.05, 0.1) is 6.04 Å². The van der Waals surface area contributed by atoms with E-state index in [2.05, 4.69) is 12.2 Å². The molecule has 2 unspecified atom stereocenters. The number of amides is 1. The zero-order chi connectivity index (χ0) is 13.1. The van der Waals surface area contributed by atoms with Crippen LogP contribution in [-0.4, -0.2) is 18.5 Å². The van der Waals surface area contributed by atoms with Gasteiger partial charge < -0.3 is 11.1 Å². The topological polar surface area (TPSA) is 55.1 Å². The van der Waals surface area contributed by atoms with Crippen LogP contribution in [0, 0.1) is 17.3 Å². The monoisotopic (exact) mass is 276 g/mol. The van der Waals surface area contributed by atoms with Crippen LogP contribution in [0.1, 0.15) is 53.4 Å². The number of carbonyl (C=O) groups is 1. The summed E-state index contributed by atoms with van der Waals surface area (Å²) in [6, 6.07) is -0.413. The molecule has 0 saturated heterocycles. The molecule has 0 spiro atoms. The van der Waals surface area contributed by atoms with Gasteiger partial charge in [0.25, 0.3) is 0 Å². The third-order valence-corrected chi connectivity index (χ3v) is 3.83. The Balaban J connectivity index is 0.00000289. The molecule has 4 heteroatoms. The van der Waals surface area contributed by atoms with Crippen LogP contribution in [0.25, 0.3) is 0 Å². The molecule has 1 amide bonds. The Morgan fingerprint density at radius 2 is 2.00 bits per heavy atom. The van der Waals surface area contributed by atoms with E-state index in [1.54, 1.807) is 0 Å². The van der Waals surface area contributed by atoms with Gasteiger partial charge in [-0.05, 0) is 30.1 Å². The summed E-state index contributed by atoms with van der Waals surface area (Å²) in [7, 11) is 0. The highest BCUT2D eigenvalue weighted by Crippen LogP contribution is 2.28.